The van der Waals surface area contributed by atoms with Crippen molar-refractivity contribution in [2.24, 2.45) is 5.92 Å². The fourth-order valence-electron chi connectivity index (χ4n) is 3.19. The molecule has 2 rings (SSSR count). The quantitative estimate of drug-likeness (QED) is 0.865. The van der Waals surface area contributed by atoms with Crippen LogP contribution in [0, 0.1) is 5.92 Å². The Morgan fingerprint density at radius 3 is 2.52 bits per heavy atom. The standard InChI is InChI=1S/C18H28N2O/c1-5-15(6-2)20(12-13(3)4)18(21)17-11-14-9-7-8-10-16(14)19-17/h7-10,13,15,17,19H,5-6,11-12H2,1-4H3/t17-/m0/s1. The second-order valence-corrected chi connectivity index (χ2v) is 6.41. The van der Waals surface area contributed by atoms with Crippen LogP contribution in [0.25, 0.3) is 0 Å². The lowest BCUT2D eigenvalue weighted by Crippen LogP contribution is -2.48. The SMILES string of the molecule is CCC(CC)N(CC(C)C)C(=O)[C@@H]1Cc2ccccc2N1. The van der Waals surface area contributed by atoms with Gasteiger partial charge in [0.2, 0.25) is 5.91 Å². The van der Waals surface area contributed by atoms with Crippen molar-refractivity contribution in [2.75, 3.05) is 11.9 Å². The number of carbonyl (C=O) groups excluding carboxylic acids is 1. The van der Waals surface area contributed by atoms with Crippen LogP contribution in [0.15, 0.2) is 24.3 Å². The summed E-state index contributed by atoms with van der Waals surface area (Å²) in [4.78, 5) is 15.1. The van der Waals surface area contributed by atoms with Crippen LogP contribution >= 0.6 is 0 Å². The zero-order valence-corrected chi connectivity index (χ0v) is 13.7. The summed E-state index contributed by atoms with van der Waals surface area (Å²) >= 11 is 0. The van der Waals surface area contributed by atoms with Crippen LogP contribution in [-0.2, 0) is 11.2 Å². The van der Waals surface area contributed by atoms with Crippen LogP contribution in [0.5, 0.6) is 0 Å². The number of hydrogen-bond acceptors (Lipinski definition) is 2. The van der Waals surface area contributed by atoms with E-state index in [1.165, 1.54) is 5.56 Å². The van der Waals surface area contributed by atoms with Crippen LogP contribution in [0.1, 0.15) is 46.1 Å². The van der Waals surface area contributed by atoms with Gasteiger partial charge in [-0.3, -0.25) is 4.79 Å². The Hall–Kier alpha value is -1.51. The summed E-state index contributed by atoms with van der Waals surface area (Å²) in [7, 11) is 0. The van der Waals surface area contributed by atoms with Gasteiger partial charge in [-0.05, 0) is 30.4 Å². The Morgan fingerprint density at radius 1 is 1.29 bits per heavy atom. The third-order valence-electron chi connectivity index (χ3n) is 4.30. The predicted octanol–water partition coefficient (Wildman–Crippen LogP) is 3.70. The molecule has 0 aromatic heterocycles. The summed E-state index contributed by atoms with van der Waals surface area (Å²) in [6, 6.07) is 8.49. The van der Waals surface area contributed by atoms with Crippen LogP contribution < -0.4 is 5.32 Å². The molecule has 116 valence electrons. The van der Waals surface area contributed by atoms with Crippen molar-refractivity contribution in [3.8, 4) is 0 Å². The normalized spacial score (nSPS) is 17.0. The summed E-state index contributed by atoms with van der Waals surface area (Å²) < 4.78 is 0. The number of amides is 1. The lowest BCUT2D eigenvalue weighted by Gasteiger charge is -2.34. The molecule has 0 spiro atoms. The van der Waals surface area contributed by atoms with Crippen LogP contribution in [0.2, 0.25) is 0 Å². The van der Waals surface area contributed by atoms with E-state index >= 15 is 0 Å². The number of carbonyl (C=O) groups is 1. The van der Waals surface area contributed by atoms with Gasteiger partial charge in [-0.15, -0.1) is 0 Å². The van der Waals surface area contributed by atoms with E-state index in [-0.39, 0.29) is 11.9 Å². The van der Waals surface area contributed by atoms with Gasteiger partial charge in [-0.2, -0.15) is 0 Å². The molecule has 1 aliphatic rings. The Labute approximate surface area is 128 Å². The van der Waals surface area contributed by atoms with Gasteiger partial charge in [-0.25, -0.2) is 0 Å². The maximum absolute atomic E-state index is 13.0. The first kappa shape index (κ1) is 15.9. The number of para-hydroxylation sites is 1. The zero-order chi connectivity index (χ0) is 15.4. The van der Waals surface area contributed by atoms with Crippen molar-refractivity contribution in [1.82, 2.24) is 4.90 Å². The van der Waals surface area contributed by atoms with Gasteiger partial charge in [0, 0.05) is 24.7 Å². The molecule has 0 saturated heterocycles. The van der Waals surface area contributed by atoms with E-state index in [9.17, 15) is 4.79 Å². The van der Waals surface area contributed by atoms with Gasteiger partial charge in [0.1, 0.15) is 6.04 Å². The number of nitrogens with one attached hydrogen (secondary N) is 1. The van der Waals surface area contributed by atoms with Crippen molar-refractivity contribution in [2.45, 2.75) is 59.0 Å². The third-order valence-corrected chi connectivity index (χ3v) is 4.30. The van der Waals surface area contributed by atoms with Crippen LogP contribution in [0.3, 0.4) is 0 Å². The molecule has 1 atom stereocenters. The number of rotatable bonds is 6. The molecule has 0 unspecified atom stereocenters. The van der Waals surface area contributed by atoms with E-state index in [0.29, 0.717) is 12.0 Å². The van der Waals surface area contributed by atoms with Crippen molar-refractivity contribution >= 4 is 11.6 Å². The average Bonchev–Trinajstić information content (AvgIpc) is 2.90. The molecule has 0 fully saturated rings. The Balaban J connectivity index is 2.12. The molecule has 1 heterocycles. The number of fused-ring (bicyclic) bond motifs is 1. The minimum absolute atomic E-state index is 0.0956. The fraction of sp³-hybridized carbons (Fsp3) is 0.611. The lowest BCUT2D eigenvalue weighted by atomic mass is 10.0. The van der Waals surface area contributed by atoms with E-state index in [2.05, 4.69) is 50.0 Å². The monoisotopic (exact) mass is 288 g/mol. The molecule has 1 aromatic rings. The number of benzene rings is 1. The van der Waals surface area contributed by atoms with Gasteiger partial charge >= 0.3 is 0 Å². The lowest BCUT2D eigenvalue weighted by molar-refractivity contribution is -0.135. The number of anilines is 1. The van der Waals surface area contributed by atoms with E-state index in [4.69, 9.17) is 0 Å². The highest BCUT2D eigenvalue weighted by Gasteiger charge is 2.32. The van der Waals surface area contributed by atoms with Gasteiger partial charge in [0.25, 0.3) is 0 Å². The molecule has 3 nitrogen and oxygen atoms in total. The van der Waals surface area contributed by atoms with Crippen molar-refractivity contribution in [3.05, 3.63) is 29.8 Å². The first-order valence-corrected chi connectivity index (χ1v) is 8.21. The maximum Gasteiger partial charge on any atom is 0.245 e. The molecule has 0 bridgehead atoms. The first-order valence-electron chi connectivity index (χ1n) is 8.21. The van der Waals surface area contributed by atoms with Gasteiger partial charge < -0.3 is 10.2 Å². The summed E-state index contributed by atoms with van der Waals surface area (Å²) in [6.07, 6.45) is 2.85. The Morgan fingerprint density at radius 2 is 1.95 bits per heavy atom. The molecule has 1 N–H and O–H groups in total. The highest BCUT2D eigenvalue weighted by Crippen LogP contribution is 2.27. The molecule has 0 aliphatic carbocycles. The predicted molar refractivity (Wildman–Crippen MR) is 88.5 cm³/mol. The minimum atomic E-state index is -0.0956. The Kier molecular flexibility index (Phi) is 5.27. The molecule has 1 aromatic carbocycles. The Bertz CT molecular complexity index is 455. The molecular formula is C18H28N2O. The molecule has 21 heavy (non-hydrogen) atoms. The minimum Gasteiger partial charge on any atom is -0.373 e. The first-order chi connectivity index (χ1) is 10.1. The third kappa shape index (κ3) is 3.58. The smallest absolute Gasteiger partial charge is 0.245 e. The molecule has 3 heteroatoms. The van der Waals surface area contributed by atoms with Gasteiger partial charge in [0.15, 0.2) is 0 Å². The second kappa shape index (κ2) is 6.97. The fourth-order valence-corrected chi connectivity index (χ4v) is 3.19. The summed E-state index contributed by atoms with van der Waals surface area (Å²) in [5.41, 5.74) is 2.37. The second-order valence-electron chi connectivity index (χ2n) is 6.41. The molecule has 0 saturated carbocycles. The topological polar surface area (TPSA) is 32.3 Å². The van der Waals surface area contributed by atoms with E-state index in [1.54, 1.807) is 0 Å². The summed E-state index contributed by atoms with van der Waals surface area (Å²) in [6.45, 7) is 9.55. The molecule has 1 aliphatic heterocycles. The van der Waals surface area contributed by atoms with Crippen molar-refractivity contribution < 1.29 is 4.79 Å². The number of nitrogens with zero attached hydrogens (tertiary/aromatic N) is 1. The summed E-state index contributed by atoms with van der Waals surface area (Å²) in [5.74, 6) is 0.756. The van der Waals surface area contributed by atoms with E-state index < -0.39 is 0 Å². The molecule has 1 amide bonds. The van der Waals surface area contributed by atoms with E-state index in [0.717, 1.165) is 31.5 Å². The zero-order valence-electron chi connectivity index (χ0n) is 13.7. The maximum atomic E-state index is 13.0. The van der Waals surface area contributed by atoms with Gasteiger partial charge in [-0.1, -0.05) is 45.9 Å². The highest BCUT2D eigenvalue weighted by atomic mass is 16.2. The van der Waals surface area contributed by atoms with Crippen LogP contribution in [-0.4, -0.2) is 29.4 Å². The van der Waals surface area contributed by atoms with Crippen LogP contribution in [0.4, 0.5) is 5.69 Å². The average molecular weight is 288 g/mol. The van der Waals surface area contributed by atoms with Crippen molar-refractivity contribution in [1.29, 1.82) is 0 Å². The van der Waals surface area contributed by atoms with E-state index in [1.807, 2.05) is 12.1 Å². The van der Waals surface area contributed by atoms with Crippen molar-refractivity contribution in [3.63, 3.8) is 0 Å². The largest absolute Gasteiger partial charge is 0.373 e. The molecular weight excluding hydrogens is 260 g/mol. The highest BCUT2D eigenvalue weighted by molar-refractivity contribution is 5.87. The summed E-state index contributed by atoms with van der Waals surface area (Å²) in [5, 5.41) is 3.40. The number of hydrogen-bond donors (Lipinski definition) is 1. The molecule has 0 radical (unpaired) electrons. The van der Waals surface area contributed by atoms with Gasteiger partial charge in [0.05, 0.1) is 0 Å².